The van der Waals surface area contributed by atoms with E-state index in [1.165, 1.54) is 0 Å². The van der Waals surface area contributed by atoms with Crippen LogP contribution in [0.25, 0.3) is 0 Å². The number of benzene rings is 2. The maximum atomic E-state index is 13.8. The molecule has 0 fully saturated rings. The highest BCUT2D eigenvalue weighted by Gasteiger charge is 2.42. The van der Waals surface area contributed by atoms with Gasteiger partial charge in [-0.3, -0.25) is 0 Å². The van der Waals surface area contributed by atoms with Gasteiger partial charge in [0.25, 0.3) is 0 Å². The van der Waals surface area contributed by atoms with Crippen molar-refractivity contribution in [2.24, 2.45) is 5.14 Å². The molecular weight excluding hydrogens is 439 g/mol. The van der Waals surface area contributed by atoms with Crippen LogP contribution in [0.3, 0.4) is 0 Å². The highest BCUT2D eigenvalue weighted by atomic mass is 32.2. The minimum Gasteiger partial charge on any atom is -0.332 e. The Balaban J connectivity index is 2.30. The molecule has 0 heterocycles. The highest BCUT2D eigenvalue weighted by molar-refractivity contribution is 7.89. The number of thiocarbonyl (C=S) groups is 1. The third kappa shape index (κ3) is 4.51. The lowest BCUT2D eigenvalue weighted by Gasteiger charge is -2.16. The van der Waals surface area contributed by atoms with Crippen molar-refractivity contribution in [2.75, 3.05) is 10.6 Å². The van der Waals surface area contributed by atoms with E-state index in [0.717, 1.165) is 24.3 Å². The lowest BCUT2D eigenvalue weighted by atomic mass is 10.1. The second-order valence-electron chi connectivity index (χ2n) is 5.15. The largest absolute Gasteiger partial charge is 0.422 e. The number of nitrogens with two attached hydrogens (primary N) is 1. The summed E-state index contributed by atoms with van der Waals surface area (Å²) in [6.07, 6.45) is -5.67. The maximum Gasteiger partial charge on any atom is 0.422 e. The number of hydrogen-bond acceptors (Lipinski definition) is 3. The molecule has 0 unspecified atom stereocenters. The number of nitrogens with one attached hydrogen (secondary N) is 2. The third-order valence-corrected chi connectivity index (χ3v) is 4.36. The lowest BCUT2D eigenvalue weighted by molar-refractivity contribution is -0.143. The van der Waals surface area contributed by atoms with Crippen molar-refractivity contribution in [3.63, 3.8) is 0 Å². The number of alkyl halides is 3. The van der Waals surface area contributed by atoms with E-state index >= 15 is 0 Å². The maximum absolute atomic E-state index is 13.8. The fraction of sp³-hybridized carbons (Fsp3) is 0.0714. The molecule has 0 bridgehead atoms. The van der Waals surface area contributed by atoms with Crippen LogP contribution >= 0.6 is 12.2 Å². The van der Waals surface area contributed by atoms with Crippen LogP contribution in [-0.2, 0) is 16.2 Å². The average Bonchev–Trinajstić information content (AvgIpc) is 2.55. The molecule has 0 saturated carbocycles. The fourth-order valence-electron chi connectivity index (χ4n) is 1.99. The summed E-state index contributed by atoms with van der Waals surface area (Å²) in [6.45, 7) is 0. The van der Waals surface area contributed by atoms with Gasteiger partial charge in [-0.05, 0) is 36.5 Å². The Morgan fingerprint density at radius 3 is 1.75 bits per heavy atom. The van der Waals surface area contributed by atoms with Crippen molar-refractivity contribution >= 4 is 38.7 Å². The molecule has 14 heteroatoms. The summed E-state index contributed by atoms with van der Waals surface area (Å²) in [6, 6.07) is 4.40. The van der Waals surface area contributed by atoms with E-state index < -0.39 is 55.8 Å². The van der Waals surface area contributed by atoms with Gasteiger partial charge < -0.3 is 10.6 Å². The first-order chi connectivity index (χ1) is 12.7. The van der Waals surface area contributed by atoms with Crippen LogP contribution < -0.4 is 15.8 Å². The first-order valence-corrected chi connectivity index (χ1v) is 8.83. The normalized spacial score (nSPS) is 12.0. The summed E-state index contributed by atoms with van der Waals surface area (Å²) in [4.78, 5) is -0.263. The predicted molar refractivity (Wildman–Crippen MR) is 88.9 cm³/mol. The zero-order valence-electron chi connectivity index (χ0n) is 13.2. The van der Waals surface area contributed by atoms with Gasteiger partial charge in [0.15, 0.2) is 28.4 Å². The summed E-state index contributed by atoms with van der Waals surface area (Å²) in [7, 11) is -3.98. The number of primary sulfonamides is 1. The van der Waals surface area contributed by atoms with Gasteiger partial charge in [0.1, 0.15) is 11.3 Å². The van der Waals surface area contributed by atoms with Crippen LogP contribution in [0.4, 0.5) is 42.1 Å². The second-order valence-corrected chi connectivity index (χ2v) is 7.12. The van der Waals surface area contributed by atoms with E-state index in [1.807, 2.05) is 0 Å². The summed E-state index contributed by atoms with van der Waals surface area (Å²) < 4.78 is 115. The van der Waals surface area contributed by atoms with Gasteiger partial charge in [0, 0.05) is 5.69 Å². The van der Waals surface area contributed by atoms with Crippen LogP contribution in [0.1, 0.15) is 5.56 Å². The average molecular weight is 447 g/mol. The summed E-state index contributed by atoms with van der Waals surface area (Å²) in [5.74, 6) is -9.96. The van der Waals surface area contributed by atoms with Gasteiger partial charge in [-0.1, -0.05) is 0 Å². The molecule has 2 aromatic rings. The minimum atomic E-state index is -5.67. The Morgan fingerprint density at radius 2 is 1.36 bits per heavy atom. The zero-order valence-corrected chi connectivity index (χ0v) is 14.8. The zero-order chi connectivity index (χ0) is 21.4. The molecule has 2 aromatic carbocycles. The SMILES string of the molecule is NS(=O)(=O)c1ccc(NC(=S)Nc2c(F)c(F)c(C(F)(F)F)c(F)c2F)cc1. The van der Waals surface area contributed by atoms with Crippen LogP contribution in [0.5, 0.6) is 0 Å². The Hall–Kier alpha value is -2.45. The van der Waals surface area contributed by atoms with Crippen LogP contribution in [0.2, 0.25) is 0 Å². The summed E-state index contributed by atoms with van der Waals surface area (Å²) >= 11 is 4.67. The number of hydrogen-bond donors (Lipinski definition) is 3. The molecule has 0 aromatic heterocycles. The number of halogens is 7. The van der Waals surface area contributed by atoms with Crippen LogP contribution in [0, 0.1) is 23.3 Å². The third-order valence-electron chi connectivity index (χ3n) is 3.23. The monoisotopic (exact) mass is 447 g/mol. The first kappa shape index (κ1) is 21.8. The summed E-state index contributed by atoms with van der Waals surface area (Å²) in [5.41, 5.74) is -4.23. The number of sulfonamides is 1. The highest BCUT2D eigenvalue weighted by Crippen LogP contribution is 2.38. The van der Waals surface area contributed by atoms with E-state index in [9.17, 15) is 39.2 Å². The van der Waals surface area contributed by atoms with Crippen LogP contribution in [-0.4, -0.2) is 13.5 Å². The van der Waals surface area contributed by atoms with Crippen molar-refractivity contribution in [3.8, 4) is 0 Å². The minimum absolute atomic E-state index is 0.0681. The smallest absolute Gasteiger partial charge is 0.332 e. The molecule has 0 spiro atoms. The second kappa shape index (κ2) is 7.52. The van der Waals surface area contributed by atoms with Gasteiger partial charge in [0.05, 0.1) is 4.90 Å². The Labute approximate surface area is 158 Å². The first-order valence-electron chi connectivity index (χ1n) is 6.87. The lowest BCUT2D eigenvalue weighted by Crippen LogP contribution is -2.23. The molecule has 4 N–H and O–H groups in total. The Morgan fingerprint density at radius 1 is 0.893 bits per heavy atom. The van der Waals surface area contributed by atoms with Gasteiger partial charge in [-0.15, -0.1) is 0 Å². The van der Waals surface area contributed by atoms with Crippen molar-refractivity contribution in [3.05, 3.63) is 53.1 Å². The van der Waals surface area contributed by atoms with Crippen LogP contribution in [0.15, 0.2) is 29.2 Å². The molecule has 0 aliphatic rings. The molecule has 0 radical (unpaired) electrons. The molecule has 0 atom stereocenters. The quantitative estimate of drug-likeness (QED) is 0.380. The molecule has 28 heavy (non-hydrogen) atoms. The van der Waals surface area contributed by atoms with E-state index in [1.54, 1.807) is 5.32 Å². The van der Waals surface area contributed by atoms with E-state index in [4.69, 9.17) is 5.14 Å². The van der Waals surface area contributed by atoms with E-state index in [-0.39, 0.29) is 10.6 Å². The number of anilines is 2. The van der Waals surface area contributed by atoms with Crippen molar-refractivity contribution in [1.82, 2.24) is 0 Å². The molecule has 0 aliphatic carbocycles. The van der Waals surface area contributed by atoms with Crippen molar-refractivity contribution in [2.45, 2.75) is 11.1 Å². The number of rotatable bonds is 3. The molecule has 0 saturated heterocycles. The fourth-order valence-corrected chi connectivity index (χ4v) is 2.73. The van der Waals surface area contributed by atoms with Gasteiger partial charge >= 0.3 is 6.18 Å². The van der Waals surface area contributed by atoms with E-state index in [2.05, 4.69) is 17.5 Å². The standard InChI is InChI=1S/C14H8F7N3O2S2/c15-8-7(14(19,20)21)9(16)11(18)12(10(8)17)24-13(27)23-5-1-3-6(4-2-5)28(22,25)26/h1-4H,(H2,22,25,26)(H2,23,24,27). The van der Waals surface area contributed by atoms with Gasteiger partial charge in [0.2, 0.25) is 10.0 Å². The molecule has 0 aliphatic heterocycles. The van der Waals surface area contributed by atoms with E-state index in [0.29, 0.717) is 0 Å². The molecule has 152 valence electrons. The molecular formula is C14H8F7N3O2S2. The van der Waals surface area contributed by atoms with Crippen molar-refractivity contribution in [1.29, 1.82) is 0 Å². The molecule has 5 nitrogen and oxygen atoms in total. The predicted octanol–water partition coefficient (Wildman–Crippen LogP) is 3.72. The summed E-state index contributed by atoms with van der Waals surface area (Å²) in [5, 5.41) is 8.24. The van der Waals surface area contributed by atoms with Gasteiger partial charge in [-0.25, -0.2) is 31.1 Å². The Bertz CT molecular complexity index is 1010. The molecule has 0 amide bonds. The Kier molecular flexibility index (Phi) is 5.87. The molecule has 2 rings (SSSR count). The van der Waals surface area contributed by atoms with Crippen molar-refractivity contribution < 1.29 is 39.2 Å². The van der Waals surface area contributed by atoms with Gasteiger partial charge in [-0.2, -0.15) is 13.2 Å². The topological polar surface area (TPSA) is 84.2 Å².